The van der Waals surface area contributed by atoms with Crippen molar-refractivity contribution in [3.05, 3.63) is 12.2 Å². The number of unbranched alkanes of at least 4 members (excludes halogenated alkanes) is 14. The van der Waals surface area contributed by atoms with Crippen LogP contribution in [0.25, 0.3) is 0 Å². The molecule has 3 atom stereocenters. The average molecular weight is 485 g/mol. The Kier molecular flexibility index (Phi) is 25.6. The van der Waals surface area contributed by atoms with Crippen LogP contribution in [0.3, 0.4) is 0 Å². The molecule has 0 aromatic heterocycles. The Morgan fingerprint density at radius 2 is 1.17 bits per heavy atom. The average Bonchev–Trinajstić information content (AvgIpc) is 2.86. The third-order valence-electron chi connectivity index (χ3n) is 6.46. The molecule has 0 aromatic carbocycles. The topological polar surface area (TPSA) is 60.7 Å². The lowest BCUT2D eigenvalue weighted by Crippen LogP contribution is -2.01. The molecule has 3 heteroatoms. The number of aliphatic hydroxyl groups is 3. The second-order valence-electron chi connectivity index (χ2n) is 9.85. The van der Waals surface area contributed by atoms with E-state index in [1.54, 1.807) is 6.08 Å². The van der Waals surface area contributed by atoms with Gasteiger partial charge in [-0.15, -0.1) is 6.42 Å². The van der Waals surface area contributed by atoms with Gasteiger partial charge in [-0.1, -0.05) is 127 Å². The number of hydrogen-bond acceptors (Lipinski definition) is 3. The molecule has 0 amide bonds. The maximum atomic E-state index is 9.72. The molecule has 0 spiro atoms. The Hall–Kier alpha value is -1.70. The molecule has 0 heterocycles. The Balaban J connectivity index is 3.29. The minimum absolute atomic E-state index is 0.186. The Morgan fingerprint density at radius 3 is 1.66 bits per heavy atom. The molecule has 3 unspecified atom stereocenters. The summed E-state index contributed by atoms with van der Waals surface area (Å²) in [7, 11) is 0. The zero-order valence-corrected chi connectivity index (χ0v) is 22.4. The van der Waals surface area contributed by atoms with E-state index in [0.29, 0.717) is 6.42 Å². The van der Waals surface area contributed by atoms with Crippen molar-refractivity contribution in [3.8, 4) is 36.0 Å². The van der Waals surface area contributed by atoms with Gasteiger partial charge >= 0.3 is 0 Å². The van der Waals surface area contributed by atoms with Gasteiger partial charge in [0.15, 0.2) is 0 Å². The summed E-state index contributed by atoms with van der Waals surface area (Å²) in [5.41, 5.74) is 0. The van der Waals surface area contributed by atoms with Crippen LogP contribution in [0.4, 0.5) is 0 Å². The zero-order chi connectivity index (χ0) is 25.8. The zero-order valence-electron chi connectivity index (χ0n) is 22.4. The van der Waals surface area contributed by atoms with Crippen molar-refractivity contribution < 1.29 is 15.3 Å². The van der Waals surface area contributed by atoms with E-state index in [1.807, 2.05) is 6.08 Å². The number of rotatable bonds is 22. The number of terminal acetylenes is 1. The first-order valence-corrected chi connectivity index (χ1v) is 14.2. The van der Waals surface area contributed by atoms with E-state index in [9.17, 15) is 10.2 Å². The predicted molar refractivity (Wildman–Crippen MR) is 150 cm³/mol. The van der Waals surface area contributed by atoms with Crippen LogP contribution >= 0.6 is 0 Å². The standard InChI is InChI=1S/C32H52O3/c1-3-31(34)26-22-21-25-30(2)24-18-15-13-11-9-7-5-4-6-8-10-12-14-16-19-27-32(35)28-20-17-23-29-33/h1,22,26,30-35H,4-16,18-19,21,24-25,27,29H2,2H3/b26-22+. The predicted octanol–water partition coefficient (Wildman–Crippen LogP) is 6.94. The highest BCUT2D eigenvalue weighted by Gasteiger charge is 2.02. The Labute approximate surface area is 217 Å². The van der Waals surface area contributed by atoms with E-state index in [0.717, 1.165) is 25.2 Å². The van der Waals surface area contributed by atoms with Crippen molar-refractivity contribution >= 4 is 0 Å². The maximum absolute atomic E-state index is 9.72. The molecule has 3 N–H and O–H groups in total. The van der Waals surface area contributed by atoms with Crippen molar-refractivity contribution in [2.24, 2.45) is 5.92 Å². The molecular weight excluding hydrogens is 432 g/mol. The van der Waals surface area contributed by atoms with Crippen LogP contribution < -0.4 is 0 Å². The van der Waals surface area contributed by atoms with Gasteiger partial charge in [0.2, 0.25) is 0 Å². The Morgan fingerprint density at radius 1 is 0.686 bits per heavy atom. The van der Waals surface area contributed by atoms with Crippen molar-refractivity contribution in [1.82, 2.24) is 0 Å². The molecule has 0 saturated heterocycles. The van der Waals surface area contributed by atoms with Crippen molar-refractivity contribution in [1.29, 1.82) is 0 Å². The molecule has 0 fully saturated rings. The first kappa shape index (κ1) is 33.3. The minimum atomic E-state index is -0.731. The molecule has 0 radical (unpaired) electrons. The summed E-state index contributed by atoms with van der Waals surface area (Å²) in [6, 6.07) is 0. The molecule has 0 aliphatic heterocycles. The maximum Gasteiger partial charge on any atom is 0.133 e. The van der Waals surface area contributed by atoms with E-state index < -0.39 is 12.2 Å². The summed E-state index contributed by atoms with van der Waals surface area (Å²) in [5.74, 6) is 13.3. The van der Waals surface area contributed by atoms with E-state index >= 15 is 0 Å². The van der Waals surface area contributed by atoms with Crippen LogP contribution in [0, 0.1) is 41.9 Å². The van der Waals surface area contributed by atoms with Gasteiger partial charge in [0, 0.05) is 0 Å². The van der Waals surface area contributed by atoms with Gasteiger partial charge in [0.05, 0.1) is 0 Å². The van der Waals surface area contributed by atoms with Crippen LogP contribution in [0.2, 0.25) is 0 Å². The fourth-order valence-electron chi connectivity index (χ4n) is 4.21. The third kappa shape index (κ3) is 26.7. The molecule has 3 nitrogen and oxygen atoms in total. The smallest absolute Gasteiger partial charge is 0.133 e. The fourth-order valence-corrected chi connectivity index (χ4v) is 4.21. The highest BCUT2D eigenvalue weighted by atomic mass is 16.3. The van der Waals surface area contributed by atoms with Crippen LogP contribution in [0.5, 0.6) is 0 Å². The van der Waals surface area contributed by atoms with Gasteiger partial charge in [-0.3, -0.25) is 0 Å². The highest BCUT2D eigenvalue weighted by Crippen LogP contribution is 2.17. The normalized spacial score (nSPS) is 13.3. The molecule has 0 bridgehead atoms. The van der Waals surface area contributed by atoms with Gasteiger partial charge in [0.1, 0.15) is 18.8 Å². The first-order chi connectivity index (χ1) is 17.1. The van der Waals surface area contributed by atoms with E-state index in [1.165, 1.54) is 96.3 Å². The summed E-state index contributed by atoms with van der Waals surface area (Å²) in [4.78, 5) is 0. The van der Waals surface area contributed by atoms with Crippen molar-refractivity contribution in [2.75, 3.05) is 6.61 Å². The second-order valence-corrected chi connectivity index (χ2v) is 9.85. The lowest BCUT2D eigenvalue weighted by molar-refractivity contribution is 0.217. The molecular formula is C32H52O3. The summed E-state index contributed by atoms with van der Waals surface area (Å²) in [5, 5.41) is 27.5. The van der Waals surface area contributed by atoms with Gasteiger partial charge in [-0.2, -0.15) is 0 Å². The van der Waals surface area contributed by atoms with Gasteiger partial charge < -0.3 is 15.3 Å². The van der Waals surface area contributed by atoms with Crippen molar-refractivity contribution in [2.45, 2.75) is 141 Å². The van der Waals surface area contributed by atoms with Gasteiger partial charge in [-0.05, 0) is 49.5 Å². The Bertz CT molecular complexity index is 652. The van der Waals surface area contributed by atoms with E-state index in [-0.39, 0.29) is 6.61 Å². The fraction of sp³-hybridized carbons (Fsp3) is 0.750. The van der Waals surface area contributed by atoms with Gasteiger partial charge in [0.25, 0.3) is 0 Å². The third-order valence-corrected chi connectivity index (χ3v) is 6.46. The van der Waals surface area contributed by atoms with Crippen LogP contribution in [-0.2, 0) is 0 Å². The quantitative estimate of drug-likeness (QED) is 0.0885. The summed E-state index contributed by atoms with van der Waals surface area (Å²) in [6.45, 7) is 2.14. The first-order valence-electron chi connectivity index (χ1n) is 14.2. The monoisotopic (exact) mass is 484 g/mol. The largest absolute Gasteiger partial charge is 0.384 e. The SMILES string of the molecule is C#CC(O)/C=C/CCC(C)CCCCCCCCCCCCCCCCCC(O)C#CC#CCO. The molecule has 0 saturated carbocycles. The second kappa shape index (κ2) is 26.9. The number of hydrogen-bond donors (Lipinski definition) is 3. The van der Waals surface area contributed by atoms with Crippen LogP contribution in [0.15, 0.2) is 12.2 Å². The lowest BCUT2D eigenvalue weighted by atomic mass is 9.97. The molecule has 35 heavy (non-hydrogen) atoms. The molecule has 0 aliphatic carbocycles. The number of allylic oxidation sites excluding steroid dienone is 1. The van der Waals surface area contributed by atoms with E-state index in [2.05, 4.69) is 36.5 Å². The molecule has 0 aromatic rings. The van der Waals surface area contributed by atoms with E-state index in [4.69, 9.17) is 11.5 Å². The van der Waals surface area contributed by atoms with Crippen LogP contribution in [0.1, 0.15) is 129 Å². The summed E-state index contributed by atoms with van der Waals surface area (Å²) < 4.78 is 0. The molecule has 0 rings (SSSR count). The minimum Gasteiger partial charge on any atom is -0.384 e. The summed E-state index contributed by atoms with van der Waals surface area (Å²) in [6.07, 6.45) is 31.6. The van der Waals surface area contributed by atoms with Crippen LogP contribution in [-0.4, -0.2) is 34.1 Å². The highest BCUT2D eigenvalue weighted by molar-refractivity contribution is 5.27. The van der Waals surface area contributed by atoms with Crippen molar-refractivity contribution in [3.63, 3.8) is 0 Å². The summed E-state index contributed by atoms with van der Waals surface area (Å²) >= 11 is 0. The number of aliphatic hydroxyl groups excluding tert-OH is 3. The molecule has 198 valence electrons. The lowest BCUT2D eigenvalue weighted by Gasteiger charge is -2.09. The van der Waals surface area contributed by atoms with Gasteiger partial charge in [-0.25, -0.2) is 0 Å². The molecule has 0 aliphatic rings.